The largest absolute Gasteiger partial charge is 0.505 e. The number of hydrogen-bond donors (Lipinski definition) is 3. The number of amides is 1. The van der Waals surface area contributed by atoms with Crippen molar-refractivity contribution in [1.29, 1.82) is 0 Å². The van der Waals surface area contributed by atoms with Crippen molar-refractivity contribution in [3.8, 4) is 5.75 Å². The summed E-state index contributed by atoms with van der Waals surface area (Å²) in [5.74, 6) is -2.42. The van der Waals surface area contributed by atoms with Gasteiger partial charge >= 0.3 is 5.97 Å². The minimum atomic E-state index is -1.19. The van der Waals surface area contributed by atoms with E-state index in [1.165, 1.54) is 28.8 Å². The lowest BCUT2D eigenvalue weighted by atomic mass is 9.99. The molecule has 1 fully saturated rings. The number of rotatable bonds is 3. The molecule has 1 aromatic carbocycles. The molecule has 0 bridgehead atoms. The van der Waals surface area contributed by atoms with Crippen LogP contribution in [-0.4, -0.2) is 44.2 Å². The standard InChI is InChI=1S/C14H13FN2O4S/c15-8-4-6(1-2-9(8)18)3-7-5-22-13-10(16)12(19)17(13)11(7)14(20)21/h1-2,4,10,13,18H,3,5,16H2,(H,20,21)/t10-,13+/m1/s1. The highest BCUT2D eigenvalue weighted by Gasteiger charge is 2.51. The van der Waals surface area contributed by atoms with Crippen LogP contribution in [0.5, 0.6) is 5.75 Å². The number of thioether (sulfide) groups is 1. The molecule has 1 amide bonds. The predicted octanol–water partition coefficient (Wildman–Crippen LogP) is 0.655. The van der Waals surface area contributed by atoms with E-state index in [1.807, 2.05) is 0 Å². The monoisotopic (exact) mass is 324 g/mol. The molecule has 8 heteroatoms. The molecule has 0 unspecified atom stereocenters. The number of carboxylic acids is 1. The van der Waals surface area contributed by atoms with Gasteiger partial charge in [0.1, 0.15) is 17.1 Å². The molecular weight excluding hydrogens is 311 g/mol. The SMILES string of the molecule is N[C@@H]1C(=O)N2C(C(=O)O)=C(Cc3ccc(O)c(F)c3)CS[C@@H]12. The minimum Gasteiger partial charge on any atom is -0.505 e. The van der Waals surface area contributed by atoms with Gasteiger partial charge in [-0.25, -0.2) is 9.18 Å². The average Bonchev–Trinajstić information content (AvgIpc) is 2.49. The van der Waals surface area contributed by atoms with Gasteiger partial charge in [0.25, 0.3) is 0 Å². The first-order valence-electron chi connectivity index (χ1n) is 6.53. The number of β-lactam (4-membered cyclic amide) rings is 1. The quantitative estimate of drug-likeness (QED) is 0.706. The summed E-state index contributed by atoms with van der Waals surface area (Å²) >= 11 is 1.40. The van der Waals surface area contributed by atoms with Crippen LogP contribution in [0.25, 0.3) is 0 Å². The molecular formula is C14H13FN2O4S. The van der Waals surface area contributed by atoms with Crippen molar-refractivity contribution in [1.82, 2.24) is 4.90 Å². The van der Waals surface area contributed by atoms with Crippen molar-refractivity contribution in [2.24, 2.45) is 5.73 Å². The lowest BCUT2D eigenvalue weighted by Crippen LogP contribution is -2.68. The summed E-state index contributed by atoms with van der Waals surface area (Å²) < 4.78 is 13.4. The van der Waals surface area contributed by atoms with E-state index in [1.54, 1.807) is 0 Å². The second kappa shape index (κ2) is 5.29. The summed E-state index contributed by atoms with van der Waals surface area (Å²) in [6.07, 6.45) is 0.192. The van der Waals surface area contributed by atoms with Gasteiger partial charge in [-0.1, -0.05) is 6.07 Å². The Kier molecular flexibility index (Phi) is 3.57. The van der Waals surface area contributed by atoms with Crippen molar-refractivity contribution in [3.05, 3.63) is 40.8 Å². The van der Waals surface area contributed by atoms with E-state index in [0.717, 1.165) is 6.07 Å². The van der Waals surface area contributed by atoms with Gasteiger partial charge in [-0.05, 0) is 29.7 Å². The molecule has 1 aromatic rings. The van der Waals surface area contributed by atoms with Gasteiger partial charge < -0.3 is 15.9 Å². The molecule has 6 nitrogen and oxygen atoms in total. The second-order valence-corrected chi connectivity index (χ2v) is 6.26. The van der Waals surface area contributed by atoms with E-state index < -0.39 is 29.5 Å². The number of nitrogens with zero attached hydrogens (tertiary/aromatic N) is 1. The fourth-order valence-corrected chi connectivity index (χ4v) is 3.92. The molecule has 2 aliphatic rings. The van der Waals surface area contributed by atoms with E-state index in [-0.39, 0.29) is 17.5 Å². The van der Waals surface area contributed by atoms with Crippen LogP contribution in [0.15, 0.2) is 29.5 Å². The third kappa shape index (κ3) is 2.24. The van der Waals surface area contributed by atoms with Gasteiger partial charge in [0.15, 0.2) is 11.6 Å². The van der Waals surface area contributed by atoms with E-state index in [4.69, 9.17) is 5.73 Å². The highest BCUT2D eigenvalue weighted by Crippen LogP contribution is 2.40. The zero-order valence-electron chi connectivity index (χ0n) is 11.3. The molecule has 0 radical (unpaired) electrons. The molecule has 116 valence electrons. The van der Waals surface area contributed by atoms with Crippen molar-refractivity contribution < 1.29 is 24.2 Å². The average molecular weight is 324 g/mol. The maximum Gasteiger partial charge on any atom is 0.352 e. The number of halogens is 1. The second-order valence-electron chi connectivity index (χ2n) is 5.16. The number of hydrogen-bond acceptors (Lipinski definition) is 5. The first kappa shape index (κ1) is 14.9. The van der Waals surface area contributed by atoms with Gasteiger partial charge in [0, 0.05) is 5.75 Å². The highest BCUT2D eigenvalue weighted by molar-refractivity contribution is 8.00. The molecule has 2 aliphatic heterocycles. The zero-order chi connectivity index (χ0) is 16.0. The van der Waals surface area contributed by atoms with Crippen LogP contribution in [0.3, 0.4) is 0 Å². The van der Waals surface area contributed by atoms with Crippen LogP contribution in [0.1, 0.15) is 5.56 Å². The van der Waals surface area contributed by atoms with Gasteiger partial charge in [-0.2, -0.15) is 0 Å². The number of carbonyl (C=O) groups excluding carboxylic acids is 1. The fraction of sp³-hybridized carbons (Fsp3) is 0.286. The molecule has 0 spiro atoms. The van der Waals surface area contributed by atoms with E-state index >= 15 is 0 Å². The third-order valence-corrected chi connectivity index (χ3v) is 5.08. The van der Waals surface area contributed by atoms with E-state index in [9.17, 15) is 24.2 Å². The Balaban J connectivity index is 1.94. The normalized spacial score (nSPS) is 24.1. The smallest absolute Gasteiger partial charge is 0.352 e. The lowest BCUT2D eigenvalue weighted by Gasteiger charge is -2.48. The van der Waals surface area contributed by atoms with E-state index in [0.29, 0.717) is 16.9 Å². The van der Waals surface area contributed by atoms with Crippen LogP contribution in [0.2, 0.25) is 0 Å². The topological polar surface area (TPSA) is 104 Å². The maximum atomic E-state index is 13.4. The first-order chi connectivity index (χ1) is 10.4. The minimum absolute atomic E-state index is 0.0658. The Morgan fingerprint density at radius 2 is 2.23 bits per heavy atom. The van der Waals surface area contributed by atoms with Crippen molar-refractivity contribution in [3.63, 3.8) is 0 Å². The first-order valence-corrected chi connectivity index (χ1v) is 7.58. The number of carbonyl (C=O) groups is 2. The Labute approximate surface area is 129 Å². The molecule has 0 aromatic heterocycles. The van der Waals surface area contributed by atoms with Gasteiger partial charge in [0.2, 0.25) is 5.91 Å². The molecule has 2 heterocycles. The molecule has 4 N–H and O–H groups in total. The summed E-state index contributed by atoms with van der Waals surface area (Å²) in [6, 6.07) is 3.22. The molecule has 3 rings (SSSR count). The van der Waals surface area contributed by atoms with Gasteiger partial charge in [0.05, 0.1) is 0 Å². The number of aliphatic carboxylic acids is 1. The summed E-state index contributed by atoms with van der Waals surface area (Å²) in [5, 5.41) is 18.2. The molecule has 0 saturated carbocycles. The Morgan fingerprint density at radius 3 is 2.86 bits per heavy atom. The van der Waals surface area contributed by atoms with Crippen LogP contribution < -0.4 is 5.73 Å². The fourth-order valence-electron chi connectivity index (χ4n) is 2.62. The number of aromatic hydroxyl groups is 1. The van der Waals surface area contributed by atoms with Crippen LogP contribution in [0.4, 0.5) is 4.39 Å². The van der Waals surface area contributed by atoms with Crippen molar-refractivity contribution in [2.75, 3.05) is 5.75 Å². The summed E-state index contributed by atoms with van der Waals surface area (Å²) in [5.41, 5.74) is 6.66. The van der Waals surface area contributed by atoms with E-state index in [2.05, 4.69) is 0 Å². The Morgan fingerprint density at radius 1 is 1.50 bits per heavy atom. The molecule has 0 aliphatic carbocycles. The summed E-state index contributed by atoms with van der Waals surface area (Å²) in [6.45, 7) is 0. The number of phenols is 1. The number of benzene rings is 1. The predicted molar refractivity (Wildman–Crippen MR) is 77.5 cm³/mol. The van der Waals surface area contributed by atoms with Gasteiger partial charge in [-0.15, -0.1) is 11.8 Å². The van der Waals surface area contributed by atoms with Gasteiger partial charge in [-0.3, -0.25) is 9.69 Å². The Hall–Kier alpha value is -2.06. The van der Waals surface area contributed by atoms with Crippen LogP contribution >= 0.6 is 11.8 Å². The van der Waals surface area contributed by atoms with Crippen molar-refractivity contribution in [2.45, 2.75) is 17.8 Å². The lowest BCUT2D eigenvalue weighted by molar-refractivity contribution is -0.148. The number of fused-ring (bicyclic) bond motifs is 1. The highest BCUT2D eigenvalue weighted by atomic mass is 32.2. The number of nitrogens with two attached hydrogens (primary N) is 1. The molecule has 1 saturated heterocycles. The maximum absolute atomic E-state index is 13.4. The van der Waals surface area contributed by atoms with Crippen molar-refractivity contribution >= 4 is 23.6 Å². The zero-order valence-corrected chi connectivity index (χ0v) is 12.1. The van der Waals surface area contributed by atoms with Crippen LogP contribution in [-0.2, 0) is 16.0 Å². The molecule has 22 heavy (non-hydrogen) atoms. The molecule has 2 atom stereocenters. The van der Waals surface area contributed by atoms with Crippen LogP contribution in [0, 0.1) is 5.82 Å². The summed E-state index contributed by atoms with van der Waals surface area (Å²) in [4.78, 5) is 24.5. The Bertz CT molecular complexity index is 706. The number of phenolic OH excluding ortho intramolecular Hbond substituents is 1. The summed E-state index contributed by atoms with van der Waals surface area (Å²) in [7, 11) is 0. The number of carboxylic acid groups (broad SMARTS) is 1. The third-order valence-electron chi connectivity index (χ3n) is 3.72.